The summed E-state index contributed by atoms with van der Waals surface area (Å²) in [5.41, 5.74) is 2.22. The second-order valence-corrected chi connectivity index (χ2v) is 7.45. The molecule has 2 atom stereocenters. The summed E-state index contributed by atoms with van der Waals surface area (Å²) in [6, 6.07) is 19.6. The van der Waals surface area contributed by atoms with Gasteiger partial charge in [-0.15, -0.1) is 16.9 Å². The zero-order chi connectivity index (χ0) is 17.3. The van der Waals surface area contributed by atoms with Gasteiger partial charge in [0, 0.05) is 5.56 Å². The zero-order valence-corrected chi connectivity index (χ0v) is 15.2. The van der Waals surface area contributed by atoms with Gasteiger partial charge in [-0.25, -0.2) is 4.68 Å². The van der Waals surface area contributed by atoms with Gasteiger partial charge in [0.15, 0.2) is 0 Å². The summed E-state index contributed by atoms with van der Waals surface area (Å²) in [4.78, 5) is 0. The van der Waals surface area contributed by atoms with Crippen LogP contribution in [0.15, 0.2) is 71.4 Å². The van der Waals surface area contributed by atoms with Crippen LogP contribution >= 0.6 is 23.1 Å². The first-order chi connectivity index (χ1) is 12.2. The van der Waals surface area contributed by atoms with Gasteiger partial charge in [-0.3, -0.25) is 0 Å². The van der Waals surface area contributed by atoms with E-state index in [1.807, 2.05) is 82.4 Å². The minimum atomic E-state index is -1.21. The molecule has 0 spiro atoms. The lowest BCUT2D eigenvalue weighted by atomic mass is 9.87. The standard InChI is InChI=1S/C19H17N3OS2/c1-24-18(22-17-10-6-5-9-16(17)20-21-22)19(23,15-11-12-25-13-15)14-7-3-2-4-8-14/h2-13,18,23H,1H3. The molecule has 0 fully saturated rings. The number of aliphatic hydroxyl groups is 1. The van der Waals surface area contributed by atoms with Gasteiger partial charge in [0.05, 0.1) is 5.52 Å². The average molecular weight is 367 g/mol. The number of para-hydroxylation sites is 1. The lowest BCUT2D eigenvalue weighted by Gasteiger charge is -2.35. The van der Waals surface area contributed by atoms with Crippen molar-refractivity contribution in [1.82, 2.24) is 15.0 Å². The van der Waals surface area contributed by atoms with Gasteiger partial charge in [0.25, 0.3) is 0 Å². The second-order valence-electron chi connectivity index (χ2n) is 5.76. The van der Waals surface area contributed by atoms with Crippen LogP contribution in [0.25, 0.3) is 11.0 Å². The fourth-order valence-electron chi connectivity index (χ4n) is 3.13. The van der Waals surface area contributed by atoms with E-state index in [4.69, 9.17) is 0 Å². The lowest BCUT2D eigenvalue weighted by Crippen LogP contribution is -2.36. The van der Waals surface area contributed by atoms with Crippen LogP contribution in [0.4, 0.5) is 0 Å². The number of thioether (sulfide) groups is 1. The molecule has 0 amide bonds. The number of thiophene rings is 1. The van der Waals surface area contributed by atoms with Crippen molar-refractivity contribution in [2.24, 2.45) is 0 Å². The molecule has 0 aliphatic carbocycles. The fraction of sp³-hybridized carbons (Fsp3) is 0.158. The van der Waals surface area contributed by atoms with Gasteiger partial charge in [-0.1, -0.05) is 47.7 Å². The molecular weight excluding hydrogens is 350 g/mol. The summed E-state index contributed by atoms with van der Waals surface area (Å²) in [7, 11) is 0. The maximum absolute atomic E-state index is 11.9. The van der Waals surface area contributed by atoms with Crippen LogP contribution in [0.2, 0.25) is 0 Å². The van der Waals surface area contributed by atoms with Crippen molar-refractivity contribution in [2.75, 3.05) is 6.26 Å². The summed E-state index contributed by atoms with van der Waals surface area (Å²) in [6.07, 6.45) is 1.99. The average Bonchev–Trinajstić information content (AvgIpc) is 3.33. The number of hydrogen-bond acceptors (Lipinski definition) is 5. The molecule has 0 bridgehead atoms. The van der Waals surface area contributed by atoms with Gasteiger partial charge in [-0.2, -0.15) is 11.3 Å². The highest BCUT2D eigenvalue weighted by atomic mass is 32.2. The SMILES string of the molecule is CSC(n1nnc2ccccc21)C(O)(c1ccccc1)c1ccsc1. The largest absolute Gasteiger partial charge is 0.377 e. The summed E-state index contributed by atoms with van der Waals surface area (Å²) in [6.45, 7) is 0. The van der Waals surface area contributed by atoms with Crippen molar-refractivity contribution in [3.8, 4) is 0 Å². The van der Waals surface area contributed by atoms with Crippen molar-refractivity contribution < 1.29 is 5.11 Å². The molecule has 0 saturated carbocycles. The summed E-state index contributed by atoms with van der Waals surface area (Å²) < 4.78 is 1.82. The highest BCUT2D eigenvalue weighted by Crippen LogP contribution is 2.46. The van der Waals surface area contributed by atoms with Crippen molar-refractivity contribution in [3.63, 3.8) is 0 Å². The van der Waals surface area contributed by atoms with Crippen LogP contribution in [-0.2, 0) is 5.60 Å². The van der Waals surface area contributed by atoms with Crippen LogP contribution < -0.4 is 0 Å². The Morgan fingerprint density at radius 1 is 1.04 bits per heavy atom. The van der Waals surface area contributed by atoms with E-state index < -0.39 is 5.60 Å². The smallest absolute Gasteiger partial charge is 0.147 e. The van der Waals surface area contributed by atoms with E-state index in [-0.39, 0.29) is 5.37 Å². The number of aromatic nitrogens is 3. The fourth-order valence-corrected chi connectivity index (χ4v) is 4.81. The topological polar surface area (TPSA) is 50.9 Å². The van der Waals surface area contributed by atoms with Gasteiger partial charge in [0.1, 0.15) is 16.5 Å². The molecule has 4 aromatic rings. The molecule has 2 aromatic heterocycles. The highest BCUT2D eigenvalue weighted by Gasteiger charge is 2.42. The van der Waals surface area contributed by atoms with Crippen LogP contribution in [0.5, 0.6) is 0 Å². The second kappa shape index (κ2) is 6.63. The van der Waals surface area contributed by atoms with E-state index in [2.05, 4.69) is 10.3 Å². The van der Waals surface area contributed by atoms with Crippen LogP contribution in [0.1, 0.15) is 16.5 Å². The predicted molar refractivity (Wildman–Crippen MR) is 104 cm³/mol. The normalized spacial score (nSPS) is 15.1. The van der Waals surface area contributed by atoms with Crippen LogP contribution in [0.3, 0.4) is 0 Å². The van der Waals surface area contributed by atoms with Gasteiger partial charge < -0.3 is 5.11 Å². The van der Waals surface area contributed by atoms with E-state index >= 15 is 0 Å². The Balaban J connectivity index is 1.94. The van der Waals surface area contributed by atoms with E-state index in [1.165, 1.54) is 0 Å². The Kier molecular flexibility index (Phi) is 4.33. The third-order valence-electron chi connectivity index (χ3n) is 4.36. The molecule has 2 heterocycles. The molecule has 126 valence electrons. The summed E-state index contributed by atoms with van der Waals surface area (Å²) >= 11 is 3.13. The Bertz CT molecular complexity index is 969. The van der Waals surface area contributed by atoms with Gasteiger partial charge in [0.2, 0.25) is 0 Å². The third kappa shape index (κ3) is 2.66. The van der Waals surface area contributed by atoms with Crippen molar-refractivity contribution in [3.05, 3.63) is 82.6 Å². The van der Waals surface area contributed by atoms with Crippen molar-refractivity contribution >= 4 is 34.1 Å². The van der Waals surface area contributed by atoms with E-state index in [0.29, 0.717) is 0 Å². The quantitative estimate of drug-likeness (QED) is 0.572. The maximum atomic E-state index is 11.9. The number of rotatable bonds is 5. The van der Waals surface area contributed by atoms with E-state index in [9.17, 15) is 5.11 Å². The Hall–Kier alpha value is -2.15. The number of benzene rings is 2. The molecule has 0 aliphatic heterocycles. The monoisotopic (exact) mass is 367 g/mol. The summed E-state index contributed by atoms with van der Waals surface area (Å²) in [5.74, 6) is 0. The van der Waals surface area contributed by atoms with Crippen LogP contribution in [-0.4, -0.2) is 26.4 Å². The zero-order valence-electron chi connectivity index (χ0n) is 13.6. The van der Waals surface area contributed by atoms with Crippen molar-refractivity contribution in [2.45, 2.75) is 11.0 Å². The number of fused-ring (bicyclic) bond motifs is 1. The third-order valence-corrected chi connectivity index (χ3v) is 6.03. The lowest BCUT2D eigenvalue weighted by molar-refractivity contribution is 0.0544. The molecule has 6 heteroatoms. The molecule has 4 nitrogen and oxygen atoms in total. The first-order valence-corrected chi connectivity index (χ1v) is 10.1. The minimum Gasteiger partial charge on any atom is -0.377 e. The first kappa shape index (κ1) is 16.3. The van der Waals surface area contributed by atoms with Crippen LogP contribution in [0, 0.1) is 0 Å². The first-order valence-electron chi connectivity index (χ1n) is 7.88. The predicted octanol–water partition coefficient (Wildman–Crippen LogP) is 4.29. The molecule has 1 N–H and O–H groups in total. The van der Waals surface area contributed by atoms with Gasteiger partial charge in [-0.05, 0) is 40.8 Å². The highest BCUT2D eigenvalue weighted by molar-refractivity contribution is 7.98. The van der Waals surface area contributed by atoms with E-state index in [0.717, 1.165) is 22.2 Å². The molecular formula is C19H17N3OS2. The maximum Gasteiger partial charge on any atom is 0.147 e. The molecule has 25 heavy (non-hydrogen) atoms. The molecule has 0 saturated heterocycles. The Morgan fingerprint density at radius 2 is 1.80 bits per heavy atom. The minimum absolute atomic E-state index is 0.350. The van der Waals surface area contributed by atoms with Crippen molar-refractivity contribution in [1.29, 1.82) is 0 Å². The number of hydrogen-bond donors (Lipinski definition) is 1. The van der Waals surface area contributed by atoms with Gasteiger partial charge >= 0.3 is 0 Å². The molecule has 0 aliphatic rings. The molecule has 4 rings (SSSR count). The Morgan fingerprint density at radius 3 is 2.52 bits per heavy atom. The Labute approximate surface area is 154 Å². The summed E-state index contributed by atoms with van der Waals surface area (Å²) in [5, 5.41) is 24.2. The molecule has 0 radical (unpaired) electrons. The number of nitrogens with zero attached hydrogens (tertiary/aromatic N) is 3. The van der Waals surface area contributed by atoms with E-state index in [1.54, 1.807) is 23.1 Å². The molecule has 2 aromatic carbocycles. The molecule has 2 unspecified atom stereocenters.